The van der Waals surface area contributed by atoms with Crippen LogP contribution in [0.4, 0.5) is 4.79 Å². The van der Waals surface area contributed by atoms with Gasteiger partial charge in [0.1, 0.15) is 0 Å². The van der Waals surface area contributed by atoms with E-state index in [1.54, 1.807) is 4.90 Å². The molecule has 1 atom stereocenters. The van der Waals surface area contributed by atoms with Crippen molar-refractivity contribution in [1.82, 2.24) is 10.2 Å². The summed E-state index contributed by atoms with van der Waals surface area (Å²) >= 11 is 0. The molecule has 1 saturated heterocycles. The van der Waals surface area contributed by atoms with Crippen LogP contribution >= 0.6 is 0 Å². The molecule has 6 nitrogen and oxygen atoms in total. The fourth-order valence-corrected chi connectivity index (χ4v) is 2.16. The van der Waals surface area contributed by atoms with E-state index in [4.69, 9.17) is 9.84 Å². The van der Waals surface area contributed by atoms with E-state index >= 15 is 0 Å². The molecule has 1 unspecified atom stereocenters. The van der Waals surface area contributed by atoms with Gasteiger partial charge in [-0.2, -0.15) is 0 Å². The van der Waals surface area contributed by atoms with E-state index in [-0.39, 0.29) is 24.0 Å². The van der Waals surface area contributed by atoms with Gasteiger partial charge in [-0.05, 0) is 33.6 Å². The maximum atomic E-state index is 12.2. The molecule has 0 spiro atoms. The Morgan fingerprint density at radius 3 is 2.74 bits per heavy atom. The average Bonchev–Trinajstić information content (AvgIpc) is 2.27. The van der Waals surface area contributed by atoms with E-state index < -0.39 is 5.97 Å². The molecule has 6 heteroatoms. The molecule has 1 heterocycles. The lowest BCUT2D eigenvalue weighted by atomic mass is 10.0. The molecule has 0 radical (unpaired) electrons. The lowest BCUT2D eigenvalue weighted by molar-refractivity contribution is -0.137. The second kappa shape index (κ2) is 6.75. The number of carboxylic acids is 1. The third-order valence-corrected chi connectivity index (χ3v) is 3.29. The highest BCUT2D eigenvalue weighted by Crippen LogP contribution is 2.19. The molecule has 2 amide bonds. The van der Waals surface area contributed by atoms with E-state index in [1.165, 1.54) is 0 Å². The Morgan fingerprint density at radius 1 is 1.47 bits per heavy atom. The molecule has 0 aromatic carbocycles. The summed E-state index contributed by atoms with van der Waals surface area (Å²) < 4.78 is 5.37. The summed E-state index contributed by atoms with van der Waals surface area (Å²) in [5.41, 5.74) is -0.302. The summed E-state index contributed by atoms with van der Waals surface area (Å²) in [6.07, 6.45) is 1.38. The third-order valence-electron chi connectivity index (χ3n) is 3.29. The standard InChI is InChI=1S/C13H24N2O4/c1-10(5-4-6-11(16)17)14-12(18)15-7-8-19-9-13(15,2)3/h10H,4-9H2,1-3H3,(H,14,18)(H,16,17). The molecule has 1 rings (SSSR count). The van der Waals surface area contributed by atoms with Crippen molar-refractivity contribution >= 4 is 12.0 Å². The number of hydrogen-bond donors (Lipinski definition) is 2. The van der Waals surface area contributed by atoms with Crippen LogP contribution in [0.3, 0.4) is 0 Å². The minimum absolute atomic E-state index is 0.0227. The van der Waals surface area contributed by atoms with E-state index in [0.717, 1.165) is 0 Å². The molecule has 0 aliphatic carbocycles. The number of carbonyl (C=O) groups excluding carboxylic acids is 1. The van der Waals surface area contributed by atoms with E-state index in [0.29, 0.717) is 32.6 Å². The van der Waals surface area contributed by atoms with Crippen molar-refractivity contribution in [2.75, 3.05) is 19.8 Å². The van der Waals surface area contributed by atoms with Gasteiger partial charge in [0, 0.05) is 19.0 Å². The molecule has 0 saturated carbocycles. The zero-order valence-corrected chi connectivity index (χ0v) is 11.9. The molecular weight excluding hydrogens is 248 g/mol. The molecule has 1 fully saturated rings. The number of ether oxygens (including phenoxy) is 1. The van der Waals surface area contributed by atoms with Crippen molar-refractivity contribution in [3.63, 3.8) is 0 Å². The zero-order valence-electron chi connectivity index (χ0n) is 11.9. The SMILES string of the molecule is CC(CCCC(=O)O)NC(=O)N1CCOCC1(C)C. The van der Waals surface area contributed by atoms with Crippen molar-refractivity contribution in [2.45, 2.75) is 51.6 Å². The number of amides is 2. The highest BCUT2D eigenvalue weighted by atomic mass is 16.5. The summed E-state index contributed by atoms with van der Waals surface area (Å²) in [7, 11) is 0. The van der Waals surface area contributed by atoms with Crippen LogP contribution in [-0.2, 0) is 9.53 Å². The summed E-state index contributed by atoms with van der Waals surface area (Å²) in [5.74, 6) is -0.798. The van der Waals surface area contributed by atoms with Crippen LogP contribution in [0.5, 0.6) is 0 Å². The van der Waals surface area contributed by atoms with Crippen LogP contribution in [0.1, 0.15) is 40.0 Å². The van der Waals surface area contributed by atoms with Crippen molar-refractivity contribution in [3.05, 3.63) is 0 Å². The quantitative estimate of drug-likeness (QED) is 0.794. The Kier molecular flexibility index (Phi) is 5.60. The topological polar surface area (TPSA) is 78.9 Å². The Hall–Kier alpha value is -1.30. The van der Waals surface area contributed by atoms with Gasteiger partial charge in [0.2, 0.25) is 0 Å². The number of rotatable bonds is 5. The Balaban J connectivity index is 2.38. The molecule has 110 valence electrons. The number of aliphatic carboxylic acids is 1. The molecular formula is C13H24N2O4. The number of morpholine rings is 1. The second-order valence-corrected chi connectivity index (χ2v) is 5.65. The Bertz CT molecular complexity index is 331. The third kappa shape index (κ3) is 5.06. The normalized spacial score (nSPS) is 19.8. The molecule has 2 N–H and O–H groups in total. The summed E-state index contributed by atoms with van der Waals surface area (Å²) in [4.78, 5) is 24.4. The van der Waals surface area contributed by atoms with Crippen LogP contribution in [-0.4, -0.2) is 53.3 Å². The maximum Gasteiger partial charge on any atom is 0.318 e. The number of nitrogens with one attached hydrogen (secondary N) is 1. The van der Waals surface area contributed by atoms with Gasteiger partial charge in [0.25, 0.3) is 0 Å². The van der Waals surface area contributed by atoms with Gasteiger partial charge < -0.3 is 20.1 Å². The van der Waals surface area contributed by atoms with E-state index in [2.05, 4.69) is 5.32 Å². The van der Waals surface area contributed by atoms with Crippen molar-refractivity contribution in [2.24, 2.45) is 0 Å². The maximum absolute atomic E-state index is 12.2. The van der Waals surface area contributed by atoms with Crippen LogP contribution in [0.2, 0.25) is 0 Å². The highest BCUT2D eigenvalue weighted by Gasteiger charge is 2.34. The number of carbonyl (C=O) groups is 2. The Morgan fingerprint density at radius 2 is 2.16 bits per heavy atom. The number of urea groups is 1. The summed E-state index contributed by atoms with van der Waals surface area (Å²) in [6, 6.07) is -0.124. The molecule has 1 aliphatic rings. The summed E-state index contributed by atoms with van der Waals surface area (Å²) in [5, 5.41) is 11.5. The minimum atomic E-state index is -0.798. The number of carboxylic acid groups (broad SMARTS) is 1. The van der Waals surface area contributed by atoms with Crippen molar-refractivity contribution in [1.29, 1.82) is 0 Å². The van der Waals surface area contributed by atoms with Crippen molar-refractivity contribution < 1.29 is 19.4 Å². The van der Waals surface area contributed by atoms with E-state index in [9.17, 15) is 9.59 Å². The monoisotopic (exact) mass is 272 g/mol. The van der Waals surface area contributed by atoms with Crippen LogP contribution in [0.25, 0.3) is 0 Å². The largest absolute Gasteiger partial charge is 0.481 e. The summed E-state index contributed by atoms with van der Waals surface area (Å²) in [6.45, 7) is 7.52. The van der Waals surface area contributed by atoms with Gasteiger partial charge in [-0.3, -0.25) is 4.79 Å². The fraction of sp³-hybridized carbons (Fsp3) is 0.846. The molecule has 1 aliphatic heterocycles. The van der Waals surface area contributed by atoms with Gasteiger partial charge in [-0.1, -0.05) is 0 Å². The van der Waals surface area contributed by atoms with Gasteiger partial charge in [0.15, 0.2) is 0 Å². The first-order chi connectivity index (χ1) is 8.83. The highest BCUT2D eigenvalue weighted by molar-refractivity contribution is 5.75. The second-order valence-electron chi connectivity index (χ2n) is 5.65. The van der Waals surface area contributed by atoms with Gasteiger partial charge in [-0.15, -0.1) is 0 Å². The van der Waals surface area contributed by atoms with Crippen LogP contribution in [0.15, 0.2) is 0 Å². The predicted octanol–water partition coefficient (Wildman–Crippen LogP) is 1.45. The van der Waals surface area contributed by atoms with E-state index in [1.807, 2.05) is 20.8 Å². The smallest absolute Gasteiger partial charge is 0.318 e. The first kappa shape index (κ1) is 15.8. The molecule has 19 heavy (non-hydrogen) atoms. The minimum Gasteiger partial charge on any atom is -0.481 e. The van der Waals surface area contributed by atoms with Crippen LogP contribution in [0, 0.1) is 0 Å². The molecule has 0 aromatic heterocycles. The van der Waals surface area contributed by atoms with Gasteiger partial charge in [0.05, 0.1) is 18.8 Å². The number of nitrogens with zero attached hydrogens (tertiary/aromatic N) is 1. The first-order valence-electron chi connectivity index (χ1n) is 6.70. The lowest BCUT2D eigenvalue weighted by Crippen LogP contribution is -2.59. The predicted molar refractivity (Wildman–Crippen MR) is 71.1 cm³/mol. The van der Waals surface area contributed by atoms with Gasteiger partial charge >= 0.3 is 12.0 Å². The average molecular weight is 272 g/mol. The van der Waals surface area contributed by atoms with Crippen LogP contribution < -0.4 is 5.32 Å². The van der Waals surface area contributed by atoms with Gasteiger partial charge in [-0.25, -0.2) is 4.79 Å². The van der Waals surface area contributed by atoms with Crippen molar-refractivity contribution in [3.8, 4) is 0 Å². The lowest BCUT2D eigenvalue weighted by Gasteiger charge is -2.42. The first-order valence-corrected chi connectivity index (χ1v) is 6.70. The fourth-order valence-electron chi connectivity index (χ4n) is 2.16. The number of hydrogen-bond acceptors (Lipinski definition) is 3. The molecule has 0 aromatic rings. The molecule has 0 bridgehead atoms. The Labute approximate surface area is 114 Å². The zero-order chi connectivity index (χ0) is 14.5.